The molecule has 122 valence electrons. The van der Waals surface area contributed by atoms with Gasteiger partial charge in [0.2, 0.25) is 5.91 Å². The maximum Gasteiger partial charge on any atom is 0.352 e. The third kappa shape index (κ3) is 5.57. The maximum absolute atomic E-state index is 11.6. The first-order chi connectivity index (χ1) is 11.1. The van der Waals surface area contributed by atoms with Gasteiger partial charge in [-0.2, -0.15) is 0 Å². The van der Waals surface area contributed by atoms with Gasteiger partial charge in [-0.05, 0) is 22.9 Å². The summed E-state index contributed by atoms with van der Waals surface area (Å²) in [5.41, 5.74) is 0. The molecule has 1 aromatic rings. The lowest BCUT2D eigenvalue weighted by atomic mass is 10.4. The highest BCUT2D eigenvalue weighted by molar-refractivity contribution is 8.76. The SMILES string of the molecule is O=C(CSSc1ccccn1)NCC(=O)ON1C(=O)CCC1=O. The van der Waals surface area contributed by atoms with Crippen molar-refractivity contribution in [2.75, 3.05) is 12.3 Å². The van der Waals surface area contributed by atoms with Crippen LogP contribution in [-0.2, 0) is 24.0 Å². The largest absolute Gasteiger partial charge is 0.352 e. The Kier molecular flexibility index (Phi) is 6.41. The van der Waals surface area contributed by atoms with Crippen LogP contribution >= 0.6 is 21.6 Å². The molecular weight excluding hydrogens is 342 g/mol. The summed E-state index contributed by atoms with van der Waals surface area (Å²) >= 11 is 0. The molecule has 0 spiro atoms. The molecule has 0 aliphatic carbocycles. The zero-order chi connectivity index (χ0) is 16.7. The Balaban J connectivity index is 1.63. The van der Waals surface area contributed by atoms with Gasteiger partial charge in [-0.25, -0.2) is 9.78 Å². The Morgan fingerprint density at radius 1 is 1.26 bits per heavy atom. The number of hydrogen-bond donors (Lipinski definition) is 1. The number of nitrogens with zero attached hydrogens (tertiary/aromatic N) is 2. The zero-order valence-corrected chi connectivity index (χ0v) is 13.5. The number of hydroxylamine groups is 2. The lowest BCUT2D eigenvalue weighted by Gasteiger charge is -2.12. The van der Waals surface area contributed by atoms with E-state index in [2.05, 4.69) is 15.1 Å². The monoisotopic (exact) mass is 355 g/mol. The van der Waals surface area contributed by atoms with Crippen LogP contribution in [0, 0.1) is 0 Å². The van der Waals surface area contributed by atoms with E-state index >= 15 is 0 Å². The molecule has 0 radical (unpaired) electrons. The molecule has 10 heteroatoms. The summed E-state index contributed by atoms with van der Waals surface area (Å²) in [6.07, 6.45) is 1.71. The van der Waals surface area contributed by atoms with Crippen molar-refractivity contribution in [3.63, 3.8) is 0 Å². The third-order valence-corrected chi connectivity index (χ3v) is 4.73. The first kappa shape index (κ1) is 17.3. The van der Waals surface area contributed by atoms with Crippen LogP contribution < -0.4 is 5.32 Å². The molecule has 1 N–H and O–H groups in total. The second-order valence-electron chi connectivity index (χ2n) is 4.34. The molecule has 0 bridgehead atoms. The molecule has 1 saturated heterocycles. The third-order valence-electron chi connectivity index (χ3n) is 2.60. The standard InChI is InChI=1S/C13H13N3O5S2/c17-9(8-22-23-10-3-1-2-6-14-10)15-7-13(20)21-16-11(18)4-5-12(16)19/h1-3,6H,4-5,7-8H2,(H,15,17). The average molecular weight is 355 g/mol. The summed E-state index contributed by atoms with van der Waals surface area (Å²) in [5.74, 6) is -2.23. The zero-order valence-electron chi connectivity index (χ0n) is 11.9. The van der Waals surface area contributed by atoms with Crippen LogP contribution in [0.15, 0.2) is 29.4 Å². The van der Waals surface area contributed by atoms with Crippen LogP contribution in [0.2, 0.25) is 0 Å². The van der Waals surface area contributed by atoms with Gasteiger partial charge in [0, 0.05) is 19.0 Å². The minimum atomic E-state index is -0.871. The molecule has 0 aromatic carbocycles. The van der Waals surface area contributed by atoms with Gasteiger partial charge in [-0.15, -0.1) is 5.06 Å². The Bertz CT molecular complexity index is 595. The summed E-state index contributed by atoms with van der Waals surface area (Å²) < 4.78 is 0. The normalized spacial score (nSPS) is 14.0. The van der Waals surface area contributed by atoms with Crippen LogP contribution in [0.5, 0.6) is 0 Å². The molecule has 23 heavy (non-hydrogen) atoms. The highest BCUT2D eigenvalue weighted by Crippen LogP contribution is 2.28. The molecular formula is C13H13N3O5S2. The summed E-state index contributed by atoms with van der Waals surface area (Å²) in [6, 6.07) is 5.45. The van der Waals surface area contributed by atoms with E-state index in [1.54, 1.807) is 12.3 Å². The molecule has 1 aliphatic rings. The Labute approximate surface area is 139 Å². The van der Waals surface area contributed by atoms with Crippen molar-refractivity contribution < 1.29 is 24.0 Å². The molecule has 2 heterocycles. The smallest absolute Gasteiger partial charge is 0.344 e. The van der Waals surface area contributed by atoms with E-state index in [1.807, 2.05) is 12.1 Å². The van der Waals surface area contributed by atoms with E-state index in [1.165, 1.54) is 21.6 Å². The van der Waals surface area contributed by atoms with E-state index < -0.39 is 24.3 Å². The minimum absolute atomic E-state index is 0.0276. The van der Waals surface area contributed by atoms with Crippen LogP contribution in [-0.4, -0.2) is 46.0 Å². The molecule has 0 unspecified atom stereocenters. The highest BCUT2D eigenvalue weighted by Gasteiger charge is 2.32. The fourth-order valence-corrected chi connectivity index (χ4v) is 3.34. The second kappa shape index (κ2) is 8.53. The van der Waals surface area contributed by atoms with Gasteiger partial charge in [0.25, 0.3) is 11.8 Å². The summed E-state index contributed by atoms with van der Waals surface area (Å²) in [6.45, 7) is -0.412. The van der Waals surface area contributed by atoms with E-state index in [9.17, 15) is 19.2 Å². The fraction of sp³-hybridized carbons (Fsp3) is 0.308. The van der Waals surface area contributed by atoms with Gasteiger partial charge in [0.15, 0.2) is 0 Å². The van der Waals surface area contributed by atoms with Crippen LogP contribution in [0.3, 0.4) is 0 Å². The quantitative estimate of drug-likeness (QED) is 0.558. The maximum atomic E-state index is 11.6. The summed E-state index contributed by atoms with van der Waals surface area (Å²) in [4.78, 5) is 54.3. The minimum Gasteiger partial charge on any atom is -0.344 e. The van der Waals surface area contributed by atoms with Gasteiger partial charge in [-0.1, -0.05) is 16.9 Å². The molecule has 3 amide bonds. The average Bonchev–Trinajstić information content (AvgIpc) is 2.86. The van der Waals surface area contributed by atoms with Gasteiger partial charge >= 0.3 is 5.97 Å². The van der Waals surface area contributed by atoms with Crippen molar-refractivity contribution in [3.8, 4) is 0 Å². The van der Waals surface area contributed by atoms with Crippen molar-refractivity contribution in [2.24, 2.45) is 0 Å². The lowest BCUT2D eigenvalue weighted by molar-refractivity contribution is -0.196. The van der Waals surface area contributed by atoms with Gasteiger partial charge in [0.1, 0.15) is 11.6 Å². The van der Waals surface area contributed by atoms with Crippen molar-refractivity contribution in [2.45, 2.75) is 17.9 Å². The molecule has 0 saturated carbocycles. The topological polar surface area (TPSA) is 106 Å². The number of hydrogen-bond acceptors (Lipinski definition) is 8. The van der Waals surface area contributed by atoms with Gasteiger partial charge in [-0.3, -0.25) is 14.4 Å². The predicted molar refractivity (Wildman–Crippen MR) is 82.7 cm³/mol. The Morgan fingerprint density at radius 3 is 2.65 bits per heavy atom. The first-order valence-electron chi connectivity index (χ1n) is 6.60. The number of carbonyl (C=O) groups is 4. The number of nitrogens with one attached hydrogen (secondary N) is 1. The number of carbonyl (C=O) groups excluding carboxylic acids is 4. The van der Waals surface area contributed by atoms with Crippen molar-refractivity contribution in [1.29, 1.82) is 0 Å². The number of amides is 3. The second-order valence-corrected chi connectivity index (χ2v) is 6.65. The Hall–Kier alpha value is -2.07. The lowest BCUT2D eigenvalue weighted by Crippen LogP contribution is -2.38. The Morgan fingerprint density at radius 2 is 2.00 bits per heavy atom. The van der Waals surface area contributed by atoms with Gasteiger partial charge in [0.05, 0.1) is 5.75 Å². The number of aromatic nitrogens is 1. The van der Waals surface area contributed by atoms with E-state index in [4.69, 9.17) is 0 Å². The van der Waals surface area contributed by atoms with Gasteiger partial charge < -0.3 is 10.2 Å². The molecule has 1 aromatic heterocycles. The van der Waals surface area contributed by atoms with Crippen LogP contribution in [0.25, 0.3) is 0 Å². The molecule has 1 fully saturated rings. The number of rotatable bonds is 7. The van der Waals surface area contributed by atoms with Crippen LogP contribution in [0.1, 0.15) is 12.8 Å². The molecule has 2 rings (SSSR count). The van der Waals surface area contributed by atoms with E-state index in [0.717, 1.165) is 5.03 Å². The van der Waals surface area contributed by atoms with E-state index in [0.29, 0.717) is 5.06 Å². The fourth-order valence-electron chi connectivity index (χ4n) is 1.55. The molecule has 1 aliphatic heterocycles. The van der Waals surface area contributed by atoms with Crippen LogP contribution in [0.4, 0.5) is 0 Å². The number of pyridine rings is 1. The predicted octanol–water partition coefficient (Wildman–Crippen LogP) is 0.545. The van der Waals surface area contributed by atoms with E-state index in [-0.39, 0.29) is 24.5 Å². The number of imide groups is 1. The van der Waals surface area contributed by atoms with Crippen molar-refractivity contribution in [1.82, 2.24) is 15.4 Å². The first-order valence-corrected chi connectivity index (χ1v) is 8.92. The summed E-state index contributed by atoms with van der Waals surface area (Å²) in [5, 5.41) is 3.57. The highest BCUT2D eigenvalue weighted by atomic mass is 33.1. The van der Waals surface area contributed by atoms with Crippen molar-refractivity contribution >= 4 is 45.3 Å². The summed E-state index contributed by atoms with van der Waals surface area (Å²) in [7, 11) is 2.61. The molecule has 0 atom stereocenters. The van der Waals surface area contributed by atoms with Crippen molar-refractivity contribution in [3.05, 3.63) is 24.4 Å². The molecule has 8 nitrogen and oxygen atoms in total.